The van der Waals surface area contributed by atoms with Gasteiger partial charge in [-0.3, -0.25) is 4.99 Å². The largest absolute Gasteiger partial charge is 0.354 e. The first-order valence-electron chi connectivity index (χ1n) is 6.76. The Labute approximate surface area is 127 Å². The van der Waals surface area contributed by atoms with E-state index >= 15 is 0 Å². The molecule has 21 heavy (non-hydrogen) atoms. The molecule has 2 N–H and O–H groups in total. The van der Waals surface area contributed by atoms with E-state index in [1.807, 2.05) is 37.3 Å². The summed E-state index contributed by atoms with van der Waals surface area (Å²) in [6.45, 7) is 3.42. The smallest absolute Gasteiger partial charge is 0.195 e. The highest BCUT2D eigenvalue weighted by atomic mass is 35.5. The number of guanidine groups is 1. The van der Waals surface area contributed by atoms with Crippen molar-refractivity contribution in [3.05, 3.63) is 52.8 Å². The number of halogens is 2. The van der Waals surface area contributed by atoms with Crippen molar-refractivity contribution in [3.63, 3.8) is 0 Å². The van der Waals surface area contributed by atoms with E-state index in [1.54, 1.807) is 6.07 Å². The molecule has 1 aliphatic heterocycles. The summed E-state index contributed by atoms with van der Waals surface area (Å²) in [5.74, 6) is 0.298. The van der Waals surface area contributed by atoms with Crippen molar-refractivity contribution in [3.8, 4) is 11.1 Å². The van der Waals surface area contributed by atoms with Crippen molar-refractivity contribution in [1.82, 2.24) is 5.32 Å². The van der Waals surface area contributed by atoms with Crippen molar-refractivity contribution in [1.29, 1.82) is 0 Å². The number of nitrogens with one attached hydrogen (secondary N) is 2. The molecule has 0 aliphatic carbocycles. The van der Waals surface area contributed by atoms with E-state index in [0.717, 1.165) is 29.9 Å². The second-order valence-corrected chi connectivity index (χ2v) is 5.28. The quantitative estimate of drug-likeness (QED) is 0.884. The van der Waals surface area contributed by atoms with Gasteiger partial charge in [0.15, 0.2) is 5.96 Å². The van der Waals surface area contributed by atoms with Crippen LogP contribution in [0.3, 0.4) is 0 Å². The molecule has 0 fully saturated rings. The average molecular weight is 304 g/mol. The van der Waals surface area contributed by atoms with Crippen LogP contribution in [-0.4, -0.2) is 19.0 Å². The highest BCUT2D eigenvalue weighted by Crippen LogP contribution is 2.35. The van der Waals surface area contributed by atoms with E-state index in [1.165, 1.54) is 0 Å². The van der Waals surface area contributed by atoms with Crippen LogP contribution in [0.25, 0.3) is 11.1 Å². The van der Waals surface area contributed by atoms with Crippen LogP contribution in [0.2, 0.25) is 5.02 Å². The van der Waals surface area contributed by atoms with Gasteiger partial charge < -0.3 is 10.6 Å². The molecule has 2 aromatic carbocycles. The van der Waals surface area contributed by atoms with Crippen molar-refractivity contribution >= 4 is 23.2 Å². The molecule has 0 bridgehead atoms. The first kappa shape index (κ1) is 13.9. The summed E-state index contributed by atoms with van der Waals surface area (Å²) in [6, 6.07) is 11.0. The van der Waals surface area contributed by atoms with Gasteiger partial charge in [-0.25, -0.2) is 4.39 Å². The number of hydrogen-bond donors (Lipinski definition) is 2. The Bertz CT molecular complexity index is 698. The second-order valence-electron chi connectivity index (χ2n) is 4.87. The van der Waals surface area contributed by atoms with Gasteiger partial charge in [-0.1, -0.05) is 41.9 Å². The minimum absolute atomic E-state index is 0.0977. The third-order valence-corrected chi connectivity index (χ3v) is 3.74. The fourth-order valence-electron chi connectivity index (χ4n) is 2.40. The number of hydrogen-bond acceptors (Lipinski definition) is 3. The predicted octanol–water partition coefficient (Wildman–Crippen LogP) is 3.83. The topological polar surface area (TPSA) is 36.4 Å². The van der Waals surface area contributed by atoms with Gasteiger partial charge in [0.1, 0.15) is 5.82 Å². The summed E-state index contributed by atoms with van der Waals surface area (Å²) in [6.07, 6.45) is 0. The third-order valence-electron chi connectivity index (χ3n) is 3.47. The van der Waals surface area contributed by atoms with E-state index in [4.69, 9.17) is 11.6 Å². The van der Waals surface area contributed by atoms with Gasteiger partial charge in [-0.2, -0.15) is 0 Å². The van der Waals surface area contributed by atoms with E-state index < -0.39 is 5.82 Å². The van der Waals surface area contributed by atoms with E-state index in [2.05, 4.69) is 15.6 Å². The van der Waals surface area contributed by atoms with Crippen molar-refractivity contribution < 1.29 is 4.39 Å². The van der Waals surface area contributed by atoms with Crippen LogP contribution in [0.5, 0.6) is 0 Å². The maximum atomic E-state index is 14.4. The first-order chi connectivity index (χ1) is 10.2. The zero-order valence-corrected chi connectivity index (χ0v) is 12.3. The number of benzene rings is 2. The van der Waals surface area contributed by atoms with Gasteiger partial charge in [0, 0.05) is 17.8 Å². The Balaban J connectivity index is 2.09. The van der Waals surface area contributed by atoms with Crippen molar-refractivity contribution in [2.75, 3.05) is 18.4 Å². The molecule has 0 saturated carbocycles. The SMILES string of the molecule is Cc1c(NC2=NCCN2)cc(Cl)c(F)c1-c1ccccc1. The number of nitrogens with zero attached hydrogens (tertiary/aromatic N) is 1. The first-order valence-corrected chi connectivity index (χ1v) is 7.14. The average Bonchev–Trinajstić information content (AvgIpc) is 2.99. The zero-order valence-electron chi connectivity index (χ0n) is 11.6. The Morgan fingerprint density at radius 2 is 2.05 bits per heavy atom. The summed E-state index contributed by atoms with van der Waals surface area (Å²) in [4.78, 5) is 4.28. The third kappa shape index (κ3) is 2.72. The molecular weight excluding hydrogens is 289 g/mol. The maximum absolute atomic E-state index is 14.4. The minimum atomic E-state index is -0.396. The van der Waals surface area contributed by atoms with Crippen LogP contribution in [-0.2, 0) is 0 Å². The lowest BCUT2D eigenvalue weighted by atomic mass is 9.98. The van der Waals surface area contributed by atoms with Crippen LogP contribution in [0.15, 0.2) is 41.4 Å². The number of anilines is 1. The Morgan fingerprint density at radius 1 is 1.29 bits per heavy atom. The number of rotatable bonds is 2. The van der Waals surface area contributed by atoms with E-state index in [-0.39, 0.29) is 5.02 Å². The molecule has 0 saturated heterocycles. The van der Waals surface area contributed by atoms with Crippen molar-refractivity contribution in [2.24, 2.45) is 4.99 Å². The summed E-state index contributed by atoms with van der Waals surface area (Å²) in [5, 5.41) is 6.40. The molecule has 1 heterocycles. The highest BCUT2D eigenvalue weighted by Gasteiger charge is 2.17. The molecule has 108 valence electrons. The molecule has 0 radical (unpaired) electrons. The fraction of sp³-hybridized carbons (Fsp3) is 0.188. The lowest BCUT2D eigenvalue weighted by Crippen LogP contribution is -2.26. The lowest BCUT2D eigenvalue weighted by molar-refractivity contribution is 0.631. The molecule has 0 atom stereocenters. The standard InChI is InChI=1S/C16H15ClFN3/c1-10-13(21-16-19-7-8-20-16)9-12(17)15(18)14(10)11-5-3-2-4-6-11/h2-6,9H,7-8H2,1H3,(H2,19,20,21). The van der Waals surface area contributed by atoms with Crippen LogP contribution in [0.4, 0.5) is 10.1 Å². The lowest BCUT2D eigenvalue weighted by Gasteiger charge is -2.16. The minimum Gasteiger partial charge on any atom is -0.354 e. The van der Waals surface area contributed by atoms with E-state index in [0.29, 0.717) is 11.5 Å². The predicted molar refractivity (Wildman–Crippen MR) is 85.5 cm³/mol. The molecule has 0 amide bonds. The molecule has 3 nitrogen and oxygen atoms in total. The highest BCUT2D eigenvalue weighted by molar-refractivity contribution is 6.31. The second kappa shape index (κ2) is 5.74. The van der Waals surface area contributed by atoms with Gasteiger partial charge in [0.2, 0.25) is 0 Å². The van der Waals surface area contributed by atoms with Crippen LogP contribution in [0, 0.1) is 12.7 Å². The monoisotopic (exact) mass is 303 g/mol. The Kier molecular flexibility index (Phi) is 3.80. The molecule has 3 rings (SSSR count). The number of aliphatic imine (C=N–C) groups is 1. The summed E-state index contributed by atoms with van der Waals surface area (Å²) < 4.78 is 14.4. The Hall–Kier alpha value is -2.07. The van der Waals surface area contributed by atoms with Crippen LogP contribution in [0.1, 0.15) is 5.56 Å². The van der Waals surface area contributed by atoms with Crippen LogP contribution < -0.4 is 10.6 Å². The molecule has 5 heteroatoms. The van der Waals surface area contributed by atoms with Gasteiger partial charge >= 0.3 is 0 Å². The molecule has 0 aromatic heterocycles. The summed E-state index contributed by atoms with van der Waals surface area (Å²) in [7, 11) is 0. The molecule has 0 spiro atoms. The molecular formula is C16H15ClFN3. The summed E-state index contributed by atoms with van der Waals surface area (Å²) in [5.41, 5.74) is 2.89. The van der Waals surface area contributed by atoms with Crippen molar-refractivity contribution in [2.45, 2.75) is 6.92 Å². The fourth-order valence-corrected chi connectivity index (χ4v) is 2.61. The molecule has 0 unspecified atom stereocenters. The van der Waals surface area contributed by atoms with Gasteiger partial charge in [-0.05, 0) is 24.1 Å². The summed E-state index contributed by atoms with van der Waals surface area (Å²) >= 11 is 6.05. The van der Waals surface area contributed by atoms with Gasteiger partial charge in [0.05, 0.1) is 11.6 Å². The zero-order chi connectivity index (χ0) is 14.8. The van der Waals surface area contributed by atoms with E-state index in [9.17, 15) is 4.39 Å². The Morgan fingerprint density at radius 3 is 2.71 bits per heavy atom. The van der Waals surface area contributed by atoms with Crippen LogP contribution >= 0.6 is 11.6 Å². The van der Waals surface area contributed by atoms with Gasteiger partial charge in [0.25, 0.3) is 0 Å². The molecule has 2 aromatic rings. The normalized spacial score (nSPS) is 13.8. The van der Waals surface area contributed by atoms with Gasteiger partial charge in [-0.15, -0.1) is 0 Å². The maximum Gasteiger partial charge on any atom is 0.195 e. The molecule has 1 aliphatic rings.